The Kier molecular flexibility index (Phi) is 16.4. The van der Waals surface area contributed by atoms with Crippen LogP contribution in [0.5, 0.6) is 0 Å². The van der Waals surface area contributed by atoms with Crippen LogP contribution >= 0.6 is 7.60 Å². The number of hydrogen-bond donors (Lipinski definition) is 0. The zero-order valence-electron chi connectivity index (χ0n) is 23.6. The van der Waals surface area contributed by atoms with Gasteiger partial charge in [0.25, 0.3) is 10.1 Å². The van der Waals surface area contributed by atoms with Gasteiger partial charge in [-0.25, -0.2) is 0 Å². The monoisotopic (exact) mass is 546 g/mol. The summed E-state index contributed by atoms with van der Waals surface area (Å²) in [6.45, 7) is 12.2. The molecule has 0 N–H and O–H groups in total. The summed E-state index contributed by atoms with van der Waals surface area (Å²) in [5, 5.41) is 0. The molecule has 1 saturated carbocycles. The summed E-state index contributed by atoms with van der Waals surface area (Å²) >= 11 is 0. The van der Waals surface area contributed by atoms with E-state index in [1.54, 1.807) is 13.8 Å². The van der Waals surface area contributed by atoms with Crippen molar-refractivity contribution in [3.63, 3.8) is 0 Å². The van der Waals surface area contributed by atoms with Crippen LogP contribution in [0.1, 0.15) is 119 Å². The standard InChI is InChI=1S/C28H51O6PS/c1-7-32-35(29,33-8-2)28(36(30,31)34-27-21-10-9-11-22-27)23-13-12-17-25(5)19-15-20-26(6)18-14-16-24(3)4/h16-17,20,27-28H,7-15,18-19,21-23H2,1-6H3/b25-17+,26-20+. The number of rotatable bonds is 18. The van der Waals surface area contributed by atoms with E-state index in [0.717, 1.165) is 44.9 Å². The number of unbranched alkanes of at least 4 members (excludes halogenated alkanes) is 1. The molecule has 0 saturated heterocycles. The zero-order valence-corrected chi connectivity index (χ0v) is 25.3. The van der Waals surface area contributed by atoms with Gasteiger partial charge in [-0.3, -0.25) is 8.75 Å². The maximum absolute atomic E-state index is 13.5. The molecule has 0 amide bonds. The minimum atomic E-state index is -4.11. The summed E-state index contributed by atoms with van der Waals surface area (Å²) in [5.74, 6) is 0. The number of hydrogen-bond acceptors (Lipinski definition) is 6. The summed E-state index contributed by atoms with van der Waals surface area (Å²) in [5.41, 5.74) is 4.05. The van der Waals surface area contributed by atoms with Crippen molar-refractivity contribution in [2.45, 2.75) is 130 Å². The van der Waals surface area contributed by atoms with Gasteiger partial charge in [0.2, 0.25) is 0 Å². The Balaban J connectivity index is 2.74. The molecule has 36 heavy (non-hydrogen) atoms. The van der Waals surface area contributed by atoms with Crippen molar-refractivity contribution >= 4 is 17.7 Å². The van der Waals surface area contributed by atoms with E-state index in [-0.39, 0.29) is 25.7 Å². The summed E-state index contributed by atoms with van der Waals surface area (Å²) in [7, 11) is -7.98. The van der Waals surface area contributed by atoms with E-state index in [2.05, 4.69) is 45.9 Å². The van der Waals surface area contributed by atoms with E-state index in [0.29, 0.717) is 25.7 Å². The van der Waals surface area contributed by atoms with E-state index >= 15 is 0 Å². The van der Waals surface area contributed by atoms with Crippen LogP contribution in [0.15, 0.2) is 34.9 Å². The fourth-order valence-electron chi connectivity index (χ4n) is 4.42. The van der Waals surface area contributed by atoms with Gasteiger partial charge < -0.3 is 9.05 Å². The van der Waals surface area contributed by atoms with Crippen molar-refractivity contribution in [3.8, 4) is 0 Å². The maximum Gasteiger partial charge on any atom is 0.351 e. The Morgan fingerprint density at radius 3 is 1.92 bits per heavy atom. The van der Waals surface area contributed by atoms with Gasteiger partial charge in [0.15, 0.2) is 4.99 Å². The van der Waals surface area contributed by atoms with E-state index in [1.165, 1.54) is 16.7 Å². The highest BCUT2D eigenvalue weighted by Crippen LogP contribution is 2.57. The number of allylic oxidation sites excluding steroid dienone is 6. The van der Waals surface area contributed by atoms with Gasteiger partial charge >= 0.3 is 7.60 Å². The molecule has 0 heterocycles. The normalized spacial score (nSPS) is 17.3. The SMILES string of the molecule is CCOP(=O)(OCC)C(CCC/C=C(\C)CC/C=C(\C)CCC=C(C)C)S(=O)(=O)OC1CCCCC1. The molecule has 1 rings (SSSR count). The van der Waals surface area contributed by atoms with Crippen molar-refractivity contribution in [1.29, 1.82) is 0 Å². The lowest BCUT2D eigenvalue weighted by Crippen LogP contribution is -2.30. The lowest BCUT2D eigenvalue weighted by Gasteiger charge is -2.28. The van der Waals surface area contributed by atoms with E-state index in [1.807, 2.05) is 0 Å². The van der Waals surface area contributed by atoms with E-state index < -0.39 is 22.7 Å². The van der Waals surface area contributed by atoms with Crippen LogP contribution in [0.2, 0.25) is 0 Å². The average molecular weight is 547 g/mol. The van der Waals surface area contributed by atoms with Crippen LogP contribution in [-0.4, -0.2) is 32.7 Å². The lowest BCUT2D eigenvalue weighted by molar-refractivity contribution is 0.158. The Labute approximate surface area is 221 Å². The highest BCUT2D eigenvalue weighted by Gasteiger charge is 2.46. The van der Waals surface area contributed by atoms with Crippen LogP contribution in [-0.2, 0) is 27.9 Å². The Morgan fingerprint density at radius 1 is 0.861 bits per heavy atom. The summed E-state index contributed by atoms with van der Waals surface area (Å²) in [4.78, 5) is -1.30. The molecule has 0 radical (unpaired) electrons. The first-order chi connectivity index (χ1) is 17.0. The summed E-state index contributed by atoms with van der Waals surface area (Å²) in [6, 6.07) is 0. The molecule has 0 spiro atoms. The van der Waals surface area contributed by atoms with Crippen LogP contribution in [0.25, 0.3) is 0 Å². The summed E-state index contributed by atoms with van der Waals surface area (Å²) in [6.07, 6.45) is 16.4. The Bertz CT molecular complexity index is 854. The molecule has 210 valence electrons. The molecular formula is C28H51O6PS. The predicted octanol–water partition coefficient (Wildman–Crippen LogP) is 8.85. The van der Waals surface area contributed by atoms with Crippen molar-refractivity contribution in [3.05, 3.63) is 34.9 Å². The molecule has 0 aliphatic heterocycles. The zero-order chi connectivity index (χ0) is 27.0. The van der Waals surface area contributed by atoms with E-state index in [4.69, 9.17) is 13.2 Å². The minimum absolute atomic E-state index is 0.118. The second-order valence-electron chi connectivity index (χ2n) is 10.1. The third-order valence-electron chi connectivity index (χ3n) is 6.40. The second kappa shape index (κ2) is 17.7. The van der Waals surface area contributed by atoms with Gasteiger partial charge in [0.05, 0.1) is 19.3 Å². The highest BCUT2D eigenvalue weighted by atomic mass is 32.2. The average Bonchev–Trinajstić information content (AvgIpc) is 2.79. The fourth-order valence-corrected chi connectivity index (χ4v) is 8.98. The second-order valence-corrected chi connectivity index (χ2v) is 14.4. The van der Waals surface area contributed by atoms with Crippen molar-refractivity contribution in [2.75, 3.05) is 13.2 Å². The first kappa shape index (κ1) is 33.3. The Morgan fingerprint density at radius 2 is 1.39 bits per heavy atom. The molecule has 0 aromatic carbocycles. The molecule has 0 bridgehead atoms. The van der Waals surface area contributed by atoms with Crippen LogP contribution in [0, 0.1) is 0 Å². The van der Waals surface area contributed by atoms with Gasteiger partial charge in [-0.15, -0.1) is 0 Å². The van der Waals surface area contributed by atoms with Gasteiger partial charge in [-0.05, 0) is 99.3 Å². The molecule has 1 aliphatic carbocycles. The molecule has 1 aliphatic rings. The van der Waals surface area contributed by atoms with Gasteiger partial charge in [-0.2, -0.15) is 8.42 Å². The quantitative estimate of drug-likeness (QED) is 0.0739. The van der Waals surface area contributed by atoms with Crippen LogP contribution in [0.4, 0.5) is 0 Å². The topological polar surface area (TPSA) is 78.9 Å². The first-order valence-electron chi connectivity index (χ1n) is 13.8. The molecule has 0 aromatic rings. The lowest BCUT2D eigenvalue weighted by atomic mass is 9.98. The van der Waals surface area contributed by atoms with Gasteiger partial charge in [0.1, 0.15) is 0 Å². The molecular weight excluding hydrogens is 495 g/mol. The highest BCUT2D eigenvalue weighted by molar-refractivity contribution is 7.94. The third-order valence-corrected chi connectivity index (χ3v) is 11.6. The van der Waals surface area contributed by atoms with Crippen molar-refractivity contribution in [1.82, 2.24) is 0 Å². The Hall–Kier alpha value is -0.720. The minimum Gasteiger partial charge on any atom is -0.308 e. The molecule has 8 heteroatoms. The fraction of sp³-hybridized carbons (Fsp3) is 0.786. The van der Waals surface area contributed by atoms with Crippen molar-refractivity contribution in [2.24, 2.45) is 0 Å². The third kappa shape index (κ3) is 13.2. The maximum atomic E-state index is 13.5. The molecule has 0 aromatic heterocycles. The predicted molar refractivity (Wildman–Crippen MR) is 151 cm³/mol. The van der Waals surface area contributed by atoms with Gasteiger partial charge in [0, 0.05) is 0 Å². The largest absolute Gasteiger partial charge is 0.351 e. The molecule has 1 fully saturated rings. The van der Waals surface area contributed by atoms with Crippen LogP contribution < -0.4 is 0 Å². The van der Waals surface area contributed by atoms with Crippen LogP contribution in [0.3, 0.4) is 0 Å². The smallest absolute Gasteiger partial charge is 0.308 e. The summed E-state index contributed by atoms with van der Waals surface area (Å²) < 4.78 is 56.5. The molecule has 1 unspecified atom stereocenters. The van der Waals surface area contributed by atoms with Crippen molar-refractivity contribution < 1.29 is 26.2 Å². The van der Waals surface area contributed by atoms with Gasteiger partial charge in [-0.1, -0.05) is 54.2 Å². The molecule has 6 nitrogen and oxygen atoms in total. The van der Waals surface area contributed by atoms with E-state index in [9.17, 15) is 13.0 Å². The molecule has 1 atom stereocenters. The first-order valence-corrected chi connectivity index (χ1v) is 16.9.